The molecule has 0 atom stereocenters. The second-order valence-electron chi connectivity index (χ2n) is 8.76. The third-order valence-corrected chi connectivity index (χ3v) is 7.43. The van der Waals surface area contributed by atoms with Crippen molar-refractivity contribution in [1.82, 2.24) is 24.6 Å². The lowest BCUT2D eigenvalue weighted by Gasteiger charge is -2.22. The van der Waals surface area contributed by atoms with E-state index in [4.69, 9.17) is 0 Å². The Bertz CT molecular complexity index is 1330. The molecular weight excluding hydrogens is 450 g/mol. The summed E-state index contributed by atoms with van der Waals surface area (Å²) in [6.45, 7) is 9.58. The van der Waals surface area contributed by atoms with E-state index in [1.54, 1.807) is 18.9 Å². The SMILES string of the molecule is Cc1cccc(C(=O)N2CCCN(C(=O)c3sc(-c4c(C)c(C)nn(C)c4=O)nc3C)CC2)c1. The highest BCUT2D eigenvalue weighted by Crippen LogP contribution is 2.29. The highest BCUT2D eigenvalue weighted by molar-refractivity contribution is 7.17. The Morgan fingerprint density at radius 3 is 2.29 bits per heavy atom. The summed E-state index contributed by atoms with van der Waals surface area (Å²) >= 11 is 1.25. The van der Waals surface area contributed by atoms with Crippen molar-refractivity contribution in [3.63, 3.8) is 0 Å². The molecule has 1 aliphatic heterocycles. The first kappa shape index (κ1) is 23.8. The van der Waals surface area contributed by atoms with E-state index in [-0.39, 0.29) is 17.4 Å². The Labute approximate surface area is 202 Å². The Balaban J connectivity index is 1.54. The molecule has 1 fully saturated rings. The zero-order valence-electron chi connectivity index (χ0n) is 20.2. The van der Waals surface area contributed by atoms with Gasteiger partial charge in [-0.2, -0.15) is 5.10 Å². The normalized spacial score (nSPS) is 14.3. The van der Waals surface area contributed by atoms with Crippen LogP contribution in [0, 0.1) is 27.7 Å². The molecule has 178 valence electrons. The first-order valence-corrected chi connectivity index (χ1v) is 12.2. The van der Waals surface area contributed by atoms with Crippen molar-refractivity contribution in [3.8, 4) is 10.6 Å². The minimum atomic E-state index is -0.226. The first-order chi connectivity index (χ1) is 16.2. The zero-order chi connectivity index (χ0) is 24.6. The van der Waals surface area contributed by atoms with Crippen LogP contribution < -0.4 is 5.56 Å². The lowest BCUT2D eigenvalue weighted by Crippen LogP contribution is -2.37. The number of hydrogen-bond donors (Lipinski definition) is 0. The van der Waals surface area contributed by atoms with Crippen LogP contribution in [0.3, 0.4) is 0 Å². The molecule has 0 spiro atoms. The van der Waals surface area contributed by atoms with Crippen molar-refractivity contribution < 1.29 is 9.59 Å². The number of carbonyl (C=O) groups excluding carboxylic acids is 2. The molecule has 3 aromatic rings. The van der Waals surface area contributed by atoms with Gasteiger partial charge in [0, 0.05) is 38.8 Å². The van der Waals surface area contributed by atoms with Crippen LogP contribution >= 0.6 is 11.3 Å². The fourth-order valence-electron chi connectivity index (χ4n) is 4.23. The van der Waals surface area contributed by atoms with Crippen LogP contribution in [0.2, 0.25) is 0 Å². The largest absolute Gasteiger partial charge is 0.337 e. The van der Waals surface area contributed by atoms with Crippen LogP contribution in [-0.4, -0.2) is 62.6 Å². The molecular formula is C25H29N5O3S. The summed E-state index contributed by atoms with van der Waals surface area (Å²) in [4.78, 5) is 47.8. The third-order valence-electron chi connectivity index (χ3n) is 6.27. The summed E-state index contributed by atoms with van der Waals surface area (Å²) in [6.07, 6.45) is 0.706. The van der Waals surface area contributed by atoms with Gasteiger partial charge in [-0.3, -0.25) is 14.4 Å². The number of nitrogens with zero attached hydrogens (tertiary/aromatic N) is 5. The number of carbonyl (C=O) groups is 2. The van der Waals surface area contributed by atoms with Gasteiger partial charge in [-0.05, 0) is 51.8 Å². The lowest BCUT2D eigenvalue weighted by atomic mass is 10.1. The molecule has 9 heteroatoms. The molecule has 0 aliphatic carbocycles. The van der Waals surface area contributed by atoms with E-state index in [0.29, 0.717) is 59.3 Å². The molecule has 2 aromatic heterocycles. The molecule has 2 amide bonds. The molecule has 0 saturated carbocycles. The number of benzene rings is 1. The minimum Gasteiger partial charge on any atom is -0.337 e. The molecule has 3 heterocycles. The van der Waals surface area contributed by atoms with E-state index in [1.165, 1.54) is 16.0 Å². The summed E-state index contributed by atoms with van der Waals surface area (Å²) in [5.41, 5.74) is 4.12. The van der Waals surface area contributed by atoms with Gasteiger partial charge < -0.3 is 9.80 Å². The van der Waals surface area contributed by atoms with Gasteiger partial charge in [0.25, 0.3) is 17.4 Å². The zero-order valence-corrected chi connectivity index (χ0v) is 21.0. The van der Waals surface area contributed by atoms with Gasteiger partial charge in [-0.25, -0.2) is 9.67 Å². The molecule has 8 nitrogen and oxygen atoms in total. The standard InChI is InChI=1S/C25H29N5O3S/c1-15-8-6-9-19(14-15)23(31)29-10-7-11-30(13-12-29)25(33)21-18(4)26-22(34-21)20-16(2)17(3)27-28(5)24(20)32/h6,8-9,14H,7,10-13H2,1-5H3. The van der Waals surface area contributed by atoms with Gasteiger partial charge in [-0.15, -0.1) is 11.3 Å². The number of amides is 2. The van der Waals surface area contributed by atoms with Gasteiger partial charge in [0.1, 0.15) is 9.88 Å². The quantitative estimate of drug-likeness (QED) is 0.576. The van der Waals surface area contributed by atoms with E-state index in [9.17, 15) is 14.4 Å². The van der Waals surface area contributed by atoms with Crippen LogP contribution in [0.4, 0.5) is 0 Å². The van der Waals surface area contributed by atoms with Gasteiger partial charge in [0.05, 0.1) is 17.0 Å². The van der Waals surface area contributed by atoms with E-state index in [1.807, 2.05) is 49.9 Å². The number of hydrogen-bond acceptors (Lipinski definition) is 6. The van der Waals surface area contributed by atoms with Gasteiger partial charge in [0.15, 0.2) is 0 Å². The van der Waals surface area contributed by atoms with Crippen LogP contribution in [0.25, 0.3) is 10.6 Å². The molecule has 0 unspecified atom stereocenters. The van der Waals surface area contributed by atoms with E-state index >= 15 is 0 Å². The predicted octanol–water partition coefficient (Wildman–Crippen LogP) is 3.13. The number of aromatic nitrogens is 3. The van der Waals surface area contributed by atoms with Crippen LogP contribution in [0.1, 0.15) is 49.0 Å². The van der Waals surface area contributed by atoms with E-state index < -0.39 is 0 Å². The van der Waals surface area contributed by atoms with Crippen molar-refractivity contribution in [2.45, 2.75) is 34.1 Å². The third kappa shape index (κ3) is 4.52. The monoisotopic (exact) mass is 479 g/mol. The van der Waals surface area contributed by atoms with Gasteiger partial charge >= 0.3 is 0 Å². The maximum absolute atomic E-state index is 13.4. The molecule has 1 aromatic carbocycles. The highest BCUT2D eigenvalue weighted by atomic mass is 32.1. The Kier molecular flexibility index (Phi) is 6.65. The molecule has 0 radical (unpaired) electrons. The average molecular weight is 480 g/mol. The first-order valence-electron chi connectivity index (χ1n) is 11.3. The number of rotatable bonds is 3. The maximum atomic E-state index is 13.4. The van der Waals surface area contributed by atoms with Crippen LogP contribution in [0.15, 0.2) is 29.1 Å². The lowest BCUT2D eigenvalue weighted by molar-refractivity contribution is 0.0720. The van der Waals surface area contributed by atoms with Crippen molar-refractivity contribution in [2.75, 3.05) is 26.2 Å². The maximum Gasteiger partial charge on any atom is 0.277 e. The number of aryl methyl sites for hydroxylation is 4. The van der Waals surface area contributed by atoms with E-state index in [2.05, 4.69) is 10.1 Å². The van der Waals surface area contributed by atoms with Crippen molar-refractivity contribution in [3.05, 3.63) is 67.6 Å². The molecule has 34 heavy (non-hydrogen) atoms. The second kappa shape index (κ2) is 9.50. The summed E-state index contributed by atoms with van der Waals surface area (Å²) in [5.74, 6) is -0.111. The Hall–Kier alpha value is -3.33. The van der Waals surface area contributed by atoms with Crippen LogP contribution in [0.5, 0.6) is 0 Å². The molecule has 0 N–H and O–H groups in total. The van der Waals surface area contributed by atoms with Crippen LogP contribution in [-0.2, 0) is 7.05 Å². The fourth-order valence-corrected chi connectivity index (χ4v) is 5.36. The molecule has 0 bridgehead atoms. The average Bonchev–Trinajstić information content (AvgIpc) is 3.02. The minimum absolute atomic E-state index is 0.00590. The summed E-state index contributed by atoms with van der Waals surface area (Å²) < 4.78 is 1.31. The van der Waals surface area contributed by atoms with Crippen molar-refractivity contribution >= 4 is 23.2 Å². The fraction of sp³-hybridized carbons (Fsp3) is 0.400. The molecule has 1 aliphatic rings. The molecule has 4 rings (SSSR count). The summed E-state index contributed by atoms with van der Waals surface area (Å²) in [7, 11) is 1.62. The van der Waals surface area contributed by atoms with Crippen molar-refractivity contribution in [2.24, 2.45) is 7.05 Å². The Morgan fingerprint density at radius 1 is 0.941 bits per heavy atom. The second-order valence-corrected chi connectivity index (χ2v) is 9.75. The van der Waals surface area contributed by atoms with Gasteiger partial charge in [0.2, 0.25) is 0 Å². The highest BCUT2D eigenvalue weighted by Gasteiger charge is 2.27. The van der Waals surface area contributed by atoms with Gasteiger partial charge in [-0.1, -0.05) is 17.7 Å². The summed E-state index contributed by atoms with van der Waals surface area (Å²) in [6, 6.07) is 7.58. The Morgan fingerprint density at radius 2 is 1.62 bits per heavy atom. The van der Waals surface area contributed by atoms with E-state index in [0.717, 1.165) is 16.8 Å². The predicted molar refractivity (Wildman–Crippen MR) is 132 cm³/mol. The summed E-state index contributed by atoms with van der Waals surface area (Å²) in [5, 5.41) is 4.77. The topological polar surface area (TPSA) is 88.4 Å². The molecule has 1 saturated heterocycles. The number of thiazole rings is 1. The smallest absolute Gasteiger partial charge is 0.277 e. The van der Waals surface area contributed by atoms with Crippen molar-refractivity contribution in [1.29, 1.82) is 0 Å².